The molecule has 0 saturated carbocycles. The molecular weight excluding hydrogens is 364 g/mol. The molecule has 5 heteroatoms. The molecule has 0 saturated heterocycles. The second-order valence-corrected chi connectivity index (χ2v) is 6.70. The minimum absolute atomic E-state index is 0.0714. The maximum atomic E-state index is 12.1. The number of nitrogens with one attached hydrogen (secondary N) is 1. The Hall–Kier alpha value is -3.60. The molecule has 1 N–H and O–H groups in total. The van der Waals surface area contributed by atoms with Gasteiger partial charge in [0.05, 0.1) is 6.21 Å². The van der Waals surface area contributed by atoms with E-state index in [9.17, 15) is 4.79 Å². The van der Waals surface area contributed by atoms with E-state index >= 15 is 0 Å². The highest BCUT2D eigenvalue weighted by atomic mass is 16.6. The van der Waals surface area contributed by atoms with Gasteiger partial charge in [-0.15, -0.1) is 0 Å². The van der Waals surface area contributed by atoms with Crippen LogP contribution in [0.4, 0.5) is 5.69 Å². The van der Waals surface area contributed by atoms with E-state index in [0.29, 0.717) is 12.4 Å². The summed E-state index contributed by atoms with van der Waals surface area (Å²) in [5.41, 5.74) is 4.95. The molecule has 3 rings (SSSR count). The average Bonchev–Trinajstić information content (AvgIpc) is 2.73. The number of oxime groups is 1. The van der Waals surface area contributed by atoms with E-state index in [-0.39, 0.29) is 12.5 Å². The van der Waals surface area contributed by atoms with Crippen molar-refractivity contribution in [3.8, 4) is 5.75 Å². The molecule has 0 aliphatic rings. The fraction of sp³-hybridized carbons (Fsp3) is 0.167. The van der Waals surface area contributed by atoms with Crippen molar-refractivity contribution in [2.75, 3.05) is 11.9 Å². The van der Waals surface area contributed by atoms with Crippen molar-refractivity contribution in [1.82, 2.24) is 0 Å². The Morgan fingerprint density at radius 1 is 0.966 bits per heavy atom. The highest BCUT2D eigenvalue weighted by Gasteiger charge is 2.05. The predicted octanol–water partition coefficient (Wildman–Crippen LogP) is 4.87. The molecule has 29 heavy (non-hydrogen) atoms. The lowest BCUT2D eigenvalue weighted by molar-refractivity contribution is -0.118. The lowest BCUT2D eigenvalue weighted by atomic mass is 10.1. The van der Waals surface area contributed by atoms with Crippen molar-refractivity contribution < 1.29 is 14.4 Å². The van der Waals surface area contributed by atoms with Gasteiger partial charge in [0.15, 0.2) is 6.61 Å². The molecule has 0 aliphatic heterocycles. The molecule has 148 valence electrons. The first kappa shape index (κ1) is 20.1. The Kier molecular flexibility index (Phi) is 7.00. The number of carbonyl (C=O) groups excluding carboxylic acids is 1. The smallest absolute Gasteiger partial charge is 0.262 e. The van der Waals surface area contributed by atoms with Crippen LogP contribution in [-0.2, 0) is 16.2 Å². The third-order valence-electron chi connectivity index (χ3n) is 4.37. The number of benzene rings is 3. The highest BCUT2D eigenvalue weighted by molar-refractivity contribution is 5.92. The summed E-state index contributed by atoms with van der Waals surface area (Å²) in [6, 6.07) is 23.0. The zero-order valence-electron chi connectivity index (χ0n) is 16.6. The van der Waals surface area contributed by atoms with Crippen molar-refractivity contribution in [1.29, 1.82) is 0 Å². The van der Waals surface area contributed by atoms with Crippen molar-refractivity contribution in [3.63, 3.8) is 0 Å². The largest absolute Gasteiger partial charge is 0.484 e. The molecule has 0 fully saturated rings. The number of hydrogen-bond donors (Lipinski definition) is 1. The van der Waals surface area contributed by atoms with Crippen LogP contribution in [-0.4, -0.2) is 18.7 Å². The summed E-state index contributed by atoms with van der Waals surface area (Å²) >= 11 is 0. The third kappa shape index (κ3) is 6.50. The van der Waals surface area contributed by atoms with E-state index in [1.165, 1.54) is 5.56 Å². The summed E-state index contributed by atoms with van der Waals surface area (Å²) in [7, 11) is 0. The van der Waals surface area contributed by atoms with Crippen LogP contribution in [0.1, 0.15) is 22.3 Å². The molecule has 5 nitrogen and oxygen atoms in total. The monoisotopic (exact) mass is 388 g/mol. The number of nitrogens with zero attached hydrogens (tertiary/aromatic N) is 1. The van der Waals surface area contributed by atoms with Crippen LogP contribution in [0.5, 0.6) is 5.75 Å². The summed E-state index contributed by atoms with van der Waals surface area (Å²) < 4.78 is 5.60. The lowest BCUT2D eigenvalue weighted by Crippen LogP contribution is -2.20. The Morgan fingerprint density at radius 3 is 2.59 bits per heavy atom. The van der Waals surface area contributed by atoms with Crippen molar-refractivity contribution in [2.45, 2.75) is 20.5 Å². The van der Waals surface area contributed by atoms with Gasteiger partial charge in [-0.1, -0.05) is 53.7 Å². The van der Waals surface area contributed by atoms with Gasteiger partial charge >= 0.3 is 0 Å². The number of rotatable bonds is 8. The fourth-order valence-electron chi connectivity index (χ4n) is 2.63. The Labute approximate surface area is 171 Å². The standard InChI is InChI=1S/C24H24N2O3/c1-18-11-12-22(13-19(18)2)26-24(27)17-28-23-10-6-9-21(14-23)15-25-29-16-20-7-4-3-5-8-20/h3-15H,16-17H2,1-2H3,(H,26,27)/b25-15+. The second kappa shape index (κ2) is 10.1. The molecule has 0 bridgehead atoms. The van der Waals surface area contributed by atoms with E-state index in [4.69, 9.17) is 9.57 Å². The van der Waals surface area contributed by atoms with Crippen LogP contribution in [0.25, 0.3) is 0 Å². The van der Waals surface area contributed by atoms with Crippen LogP contribution >= 0.6 is 0 Å². The summed E-state index contributed by atoms with van der Waals surface area (Å²) in [6.07, 6.45) is 1.62. The fourth-order valence-corrected chi connectivity index (χ4v) is 2.63. The normalized spacial score (nSPS) is 10.7. The molecule has 0 heterocycles. The Morgan fingerprint density at radius 2 is 1.79 bits per heavy atom. The number of aryl methyl sites for hydroxylation is 2. The van der Waals surface area contributed by atoms with Gasteiger partial charge in [-0.3, -0.25) is 4.79 Å². The van der Waals surface area contributed by atoms with Crippen LogP contribution < -0.4 is 10.1 Å². The predicted molar refractivity (Wildman–Crippen MR) is 115 cm³/mol. The van der Waals surface area contributed by atoms with E-state index in [0.717, 1.165) is 22.4 Å². The molecule has 0 aliphatic carbocycles. The van der Waals surface area contributed by atoms with E-state index in [2.05, 4.69) is 10.5 Å². The highest BCUT2D eigenvalue weighted by Crippen LogP contribution is 2.15. The van der Waals surface area contributed by atoms with Gasteiger partial charge < -0.3 is 14.9 Å². The van der Waals surface area contributed by atoms with Crippen molar-refractivity contribution >= 4 is 17.8 Å². The molecule has 0 aromatic heterocycles. The van der Waals surface area contributed by atoms with Gasteiger partial charge in [0, 0.05) is 5.69 Å². The van der Waals surface area contributed by atoms with Crippen LogP contribution in [0, 0.1) is 13.8 Å². The van der Waals surface area contributed by atoms with Gasteiger partial charge in [0.2, 0.25) is 0 Å². The maximum absolute atomic E-state index is 12.1. The zero-order valence-corrected chi connectivity index (χ0v) is 16.6. The zero-order chi connectivity index (χ0) is 20.5. The number of ether oxygens (including phenoxy) is 1. The van der Waals surface area contributed by atoms with Crippen molar-refractivity contribution in [2.24, 2.45) is 5.16 Å². The van der Waals surface area contributed by atoms with E-state index in [1.54, 1.807) is 18.3 Å². The molecule has 1 amide bonds. The van der Waals surface area contributed by atoms with E-state index < -0.39 is 0 Å². The molecule has 0 spiro atoms. The van der Waals surface area contributed by atoms with Gasteiger partial charge in [0.25, 0.3) is 5.91 Å². The molecule has 3 aromatic rings. The van der Waals surface area contributed by atoms with Crippen LogP contribution in [0.2, 0.25) is 0 Å². The molecular formula is C24H24N2O3. The quantitative estimate of drug-likeness (QED) is 0.442. The summed E-state index contributed by atoms with van der Waals surface area (Å²) in [4.78, 5) is 17.4. The van der Waals surface area contributed by atoms with Gasteiger partial charge in [-0.2, -0.15) is 0 Å². The first-order valence-corrected chi connectivity index (χ1v) is 9.39. The maximum Gasteiger partial charge on any atom is 0.262 e. The topological polar surface area (TPSA) is 59.9 Å². The number of carbonyl (C=O) groups is 1. The number of amides is 1. The molecule has 3 aromatic carbocycles. The van der Waals surface area contributed by atoms with Crippen molar-refractivity contribution in [3.05, 3.63) is 95.1 Å². The molecule has 0 radical (unpaired) electrons. The third-order valence-corrected chi connectivity index (χ3v) is 4.37. The minimum Gasteiger partial charge on any atom is -0.484 e. The van der Waals surface area contributed by atoms with Crippen LogP contribution in [0.3, 0.4) is 0 Å². The Balaban J connectivity index is 1.48. The first-order valence-electron chi connectivity index (χ1n) is 9.39. The first-order chi connectivity index (χ1) is 14.1. The number of hydrogen-bond acceptors (Lipinski definition) is 4. The second-order valence-electron chi connectivity index (χ2n) is 6.70. The van der Waals surface area contributed by atoms with E-state index in [1.807, 2.05) is 74.5 Å². The molecule has 0 unspecified atom stereocenters. The molecule has 0 atom stereocenters. The number of anilines is 1. The van der Waals surface area contributed by atoms with Gasteiger partial charge in [0.1, 0.15) is 12.4 Å². The van der Waals surface area contributed by atoms with Gasteiger partial charge in [-0.25, -0.2) is 0 Å². The lowest BCUT2D eigenvalue weighted by Gasteiger charge is -2.09. The summed E-state index contributed by atoms with van der Waals surface area (Å²) in [6.45, 7) is 4.38. The van der Waals surface area contributed by atoms with Gasteiger partial charge in [-0.05, 0) is 60.4 Å². The van der Waals surface area contributed by atoms with Crippen LogP contribution in [0.15, 0.2) is 78.0 Å². The minimum atomic E-state index is -0.210. The SMILES string of the molecule is Cc1ccc(NC(=O)COc2cccc(/C=N/OCc3ccccc3)c2)cc1C. The average molecular weight is 388 g/mol. The summed E-state index contributed by atoms with van der Waals surface area (Å²) in [5, 5.41) is 6.83. The Bertz CT molecular complexity index is 984. The summed E-state index contributed by atoms with van der Waals surface area (Å²) in [5.74, 6) is 0.380.